The smallest absolute Gasteiger partial charge is 0.256 e. The van der Waals surface area contributed by atoms with Gasteiger partial charge in [-0.25, -0.2) is 0 Å². The van der Waals surface area contributed by atoms with Gasteiger partial charge in [-0.2, -0.15) is 0 Å². The number of aromatic amines is 1. The molecule has 1 amide bonds. The van der Waals surface area contributed by atoms with Gasteiger partial charge in [0.1, 0.15) is 5.56 Å². The number of unbranched alkanes of at least 4 members (excludes halogenated alkanes) is 1. The molecule has 5 nitrogen and oxygen atoms in total. The lowest BCUT2D eigenvalue weighted by molar-refractivity contribution is 0.0951. The highest BCUT2D eigenvalue weighted by molar-refractivity contribution is 5.93. The van der Waals surface area contributed by atoms with Gasteiger partial charge in [0, 0.05) is 24.5 Å². The minimum absolute atomic E-state index is 0.174. The Morgan fingerprint density at radius 3 is 2.72 bits per heavy atom. The largest absolute Gasteiger partial charge is 0.364 e. The van der Waals surface area contributed by atoms with Crippen molar-refractivity contribution >= 4 is 5.91 Å². The van der Waals surface area contributed by atoms with Crippen molar-refractivity contribution in [3.63, 3.8) is 0 Å². The number of amides is 1. The molecule has 0 aliphatic carbocycles. The third kappa shape index (κ3) is 4.71. The standard InChI is InChI=1S/C13H21N3O2/c1-10-8-12(17)11(9-15-10)13(18)14-6-4-5-7-16(2)3/h8-9H,4-7H2,1-3H3,(H,14,18)(H,15,17). The Balaban J connectivity index is 2.39. The van der Waals surface area contributed by atoms with Crippen LogP contribution in [-0.4, -0.2) is 43.0 Å². The Kier molecular flexibility index (Phi) is 5.58. The second kappa shape index (κ2) is 6.96. The van der Waals surface area contributed by atoms with Crippen LogP contribution in [-0.2, 0) is 0 Å². The fraction of sp³-hybridized carbons (Fsp3) is 0.538. The van der Waals surface area contributed by atoms with Crippen LogP contribution in [0.3, 0.4) is 0 Å². The van der Waals surface area contributed by atoms with E-state index in [1.807, 2.05) is 14.1 Å². The summed E-state index contributed by atoms with van der Waals surface area (Å²) in [7, 11) is 4.04. The molecule has 5 heteroatoms. The fourth-order valence-corrected chi connectivity index (χ4v) is 1.60. The number of H-pyrrole nitrogens is 1. The number of aromatic nitrogens is 1. The number of aryl methyl sites for hydroxylation is 1. The van der Waals surface area contributed by atoms with Gasteiger partial charge in [0.25, 0.3) is 5.91 Å². The van der Waals surface area contributed by atoms with Crippen LogP contribution in [0, 0.1) is 6.92 Å². The number of pyridine rings is 1. The molecule has 1 rings (SSSR count). The van der Waals surface area contributed by atoms with Gasteiger partial charge in [0.05, 0.1) is 0 Å². The Labute approximate surface area is 107 Å². The Morgan fingerprint density at radius 1 is 1.39 bits per heavy atom. The van der Waals surface area contributed by atoms with Crippen LogP contribution in [0.1, 0.15) is 28.9 Å². The van der Waals surface area contributed by atoms with Crippen molar-refractivity contribution < 1.29 is 4.79 Å². The third-order valence-corrected chi connectivity index (χ3v) is 2.62. The first-order valence-corrected chi connectivity index (χ1v) is 6.13. The van der Waals surface area contributed by atoms with Crippen LogP contribution in [0.15, 0.2) is 17.1 Å². The first-order chi connectivity index (χ1) is 8.50. The van der Waals surface area contributed by atoms with Gasteiger partial charge >= 0.3 is 0 Å². The van der Waals surface area contributed by atoms with E-state index in [1.165, 1.54) is 12.3 Å². The van der Waals surface area contributed by atoms with Crippen molar-refractivity contribution in [2.24, 2.45) is 0 Å². The molecule has 0 aromatic carbocycles. The predicted octanol–water partition coefficient (Wildman–Crippen LogP) is 0.755. The van der Waals surface area contributed by atoms with Gasteiger partial charge in [-0.05, 0) is 40.4 Å². The summed E-state index contributed by atoms with van der Waals surface area (Å²) in [6.07, 6.45) is 3.40. The molecule has 0 atom stereocenters. The van der Waals surface area contributed by atoms with Gasteiger partial charge in [-0.15, -0.1) is 0 Å². The van der Waals surface area contributed by atoms with Crippen LogP contribution in [0.25, 0.3) is 0 Å². The summed E-state index contributed by atoms with van der Waals surface area (Å²) in [5.41, 5.74) is 0.688. The molecule has 0 bridgehead atoms. The first kappa shape index (κ1) is 14.4. The average Bonchev–Trinajstić information content (AvgIpc) is 2.27. The van der Waals surface area contributed by atoms with Crippen molar-refractivity contribution in [3.05, 3.63) is 33.7 Å². The summed E-state index contributed by atoms with van der Waals surface area (Å²) in [6, 6.07) is 1.43. The lowest BCUT2D eigenvalue weighted by atomic mass is 10.2. The maximum atomic E-state index is 11.7. The molecule has 100 valence electrons. The zero-order chi connectivity index (χ0) is 13.5. The lowest BCUT2D eigenvalue weighted by Gasteiger charge is -2.09. The third-order valence-electron chi connectivity index (χ3n) is 2.62. The molecule has 0 aliphatic rings. The summed E-state index contributed by atoms with van der Waals surface area (Å²) < 4.78 is 0. The maximum absolute atomic E-state index is 11.7. The number of nitrogens with zero attached hydrogens (tertiary/aromatic N) is 1. The van der Waals surface area contributed by atoms with Gasteiger partial charge in [0.2, 0.25) is 0 Å². The van der Waals surface area contributed by atoms with E-state index in [1.54, 1.807) is 6.92 Å². The van der Waals surface area contributed by atoms with Crippen molar-refractivity contribution in [2.75, 3.05) is 27.2 Å². The summed E-state index contributed by atoms with van der Waals surface area (Å²) in [5.74, 6) is -0.305. The van der Waals surface area contributed by atoms with E-state index in [0.29, 0.717) is 6.54 Å². The molecule has 0 saturated carbocycles. The van der Waals surface area contributed by atoms with E-state index >= 15 is 0 Å². The Bertz CT molecular complexity index is 452. The summed E-state index contributed by atoms with van der Waals surface area (Å²) in [6.45, 7) is 3.38. The van der Waals surface area contributed by atoms with Gasteiger partial charge in [-0.3, -0.25) is 9.59 Å². The van der Waals surface area contributed by atoms with E-state index in [4.69, 9.17) is 0 Å². The normalized spacial score (nSPS) is 10.7. The molecule has 0 spiro atoms. The van der Waals surface area contributed by atoms with Crippen LogP contribution in [0.4, 0.5) is 0 Å². The van der Waals surface area contributed by atoms with Crippen LogP contribution in [0.2, 0.25) is 0 Å². The second-order valence-electron chi connectivity index (χ2n) is 4.66. The number of hydrogen-bond acceptors (Lipinski definition) is 3. The van der Waals surface area contributed by atoms with Gasteiger partial charge in [-0.1, -0.05) is 0 Å². The number of rotatable bonds is 6. The SMILES string of the molecule is Cc1cc(=O)c(C(=O)NCCCCN(C)C)c[nH]1. The van der Waals surface area contributed by atoms with Gasteiger partial charge < -0.3 is 15.2 Å². The maximum Gasteiger partial charge on any atom is 0.256 e. The topological polar surface area (TPSA) is 65.2 Å². The quantitative estimate of drug-likeness (QED) is 0.733. The number of carbonyl (C=O) groups is 1. The number of carbonyl (C=O) groups excluding carboxylic acids is 1. The molecule has 1 aromatic heterocycles. The zero-order valence-electron chi connectivity index (χ0n) is 11.2. The lowest BCUT2D eigenvalue weighted by Crippen LogP contribution is -2.29. The molecule has 1 heterocycles. The average molecular weight is 251 g/mol. The molecular weight excluding hydrogens is 230 g/mol. The predicted molar refractivity (Wildman–Crippen MR) is 71.9 cm³/mol. The fourth-order valence-electron chi connectivity index (χ4n) is 1.60. The molecule has 0 radical (unpaired) electrons. The summed E-state index contributed by atoms with van der Waals surface area (Å²) in [5, 5.41) is 2.76. The van der Waals surface area contributed by atoms with E-state index in [-0.39, 0.29) is 16.9 Å². The molecule has 0 saturated heterocycles. The van der Waals surface area contributed by atoms with Crippen molar-refractivity contribution in [1.29, 1.82) is 0 Å². The molecule has 1 aromatic rings. The summed E-state index contributed by atoms with van der Waals surface area (Å²) in [4.78, 5) is 28.3. The monoisotopic (exact) mass is 251 g/mol. The molecule has 0 fully saturated rings. The van der Waals surface area contributed by atoms with Crippen LogP contribution in [0.5, 0.6) is 0 Å². The minimum atomic E-state index is -0.305. The molecule has 0 unspecified atom stereocenters. The van der Waals surface area contributed by atoms with Crippen LogP contribution >= 0.6 is 0 Å². The highest BCUT2D eigenvalue weighted by atomic mass is 16.2. The van der Waals surface area contributed by atoms with Crippen LogP contribution < -0.4 is 10.7 Å². The highest BCUT2D eigenvalue weighted by Gasteiger charge is 2.08. The van der Waals surface area contributed by atoms with E-state index in [0.717, 1.165) is 25.1 Å². The second-order valence-corrected chi connectivity index (χ2v) is 4.66. The van der Waals surface area contributed by atoms with Crippen molar-refractivity contribution in [3.8, 4) is 0 Å². The first-order valence-electron chi connectivity index (χ1n) is 6.13. The molecule has 18 heavy (non-hydrogen) atoms. The Morgan fingerprint density at radius 2 is 2.11 bits per heavy atom. The van der Waals surface area contributed by atoms with E-state index < -0.39 is 0 Å². The number of nitrogens with one attached hydrogen (secondary N) is 2. The Hall–Kier alpha value is -1.62. The number of hydrogen-bond donors (Lipinski definition) is 2. The van der Waals surface area contributed by atoms with Crippen molar-refractivity contribution in [1.82, 2.24) is 15.2 Å². The molecule has 2 N–H and O–H groups in total. The van der Waals surface area contributed by atoms with E-state index in [9.17, 15) is 9.59 Å². The minimum Gasteiger partial charge on any atom is -0.364 e. The molecule has 0 aliphatic heterocycles. The van der Waals surface area contributed by atoms with E-state index in [2.05, 4.69) is 15.2 Å². The highest BCUT2D eigenvalue weighted by Crippen LogP contribution is 1.93. The summed E-state index contributed by atoms with van der Waals surface area (Å²) >= 11 is 0. The molecular formula is C13H21N3O2. The zero-order valence-corrected chi connectivity index (χ0v) is 11.2. The van der Waals surface area contributed by atoms with Crippen molar-refractivity contribution in [2.45, 2.75) is 19.8 Å². The van der Waals surface area contributed by atoms with Gasteiger partial charge in [0.15, 0.2) is 5.43 Å².